The first-order valence-electron chi connectivity index (χ1n) is 4.17. The van der Waals surface area contributed by atoms with Gasteiger partial charge in [0.1, 0.15) is 6.04 Å². The maximum absolute atomic E-state index is 10.8. The fourth-order valence-electron chi connectivity index (χ4n) is 1.42. The fraction of sp³-hybridized carbons (Fsp3) is 0.222. The minimum absolute atomic E-state index is 0.187. The van der Waals surface area contributed by atoms with E-state index in [-0.39, 0.29) is 23.4 Å². The monoisotopic (exact) mass is 194 g/mol. The standard InChI is InChI=1S/C9H10N2O3/c10-7-8(11-9(7)14)4-1-2-5(12)6(13)3-4/h1-3,7-8,12-13H,10H2,(H,11,14). The normalized spacial score (nSPS) is 25.4. The highest BCUT2D eigenvalue weighted by atomic mass is 16.3. The number of rotatable bonds is 1. The molecule has 1 fully saturated rings. The van der Waals surface area contributed by atoms with Crippen molar-refractivity contribution < 1.29 is 15.0 Å². The van der Waals surface area contributed by atoms with Crippen LogP contribution in [0.25, 0.3) is 0 Å². The molecule has 2 rings (SSSR count). The van der Waals surface area contributed by atoms with Gasteiger partial charge in [0.05, 0.1) is 6.04 Å². The number of aromatic hydroxyl groups is 2. The molecular formula is C9H10N2O3. The summed E-state index contributed by atoms with van der Waals surface area (Å²) in [5.74, 6) is -0.605. The van der Waals surface area contributed by atoms with Gasteiger partial charge in [-0.2, -0.15) is 0 Å². The predicted molar refractivity (Wildman–Crippen MR) is 48.6 cm³/mol. The molecular weight excluding hydrogens is 184 g/mol. The lowest BCUT2D eigenvalue weighted by Gasteiger charge is -2.34. The maximum Gasteiger partial charge on any atom is 0.239 e. The highest BCUT2D eigenvalue weighted by Crippen LogP contribution is 2.31. The van der Waals surface area contributed by atoms with Gasteiger partial charge in [-0.1, -0.05) is 6.07 Å². The molecule has 1 saturated heterocycles. The van der Waals surface area contributed by atoms with Gasteiger partial charge >= 0.3 is 0 Å². The van der Waals surface area contributed by atoms with Gasteiger partial charge < -0.3 is 21.3 Å². The topological polar surface area (TPSA) is 95.6 Å². The number of amides is 1. The first-order valence-corrected chi connectivity index (χ1v) is 4.17. The first-order chi connectivity index (χ1) is 6.59. The van der Waals surface area contributed by atoms with Crippen molar-refractivity contribution >= 4 is 5.91 Å². The van der Waals surface area contributed by atoms with Crippen molar-refractivity contribution in [1.29, 1.82) is 0 Å². The number of carbonyl (C=O) groups is 1. The summed E-state index contributed by atoms with van der Waals surface area (Å²) in [5, 5.41) is 20.9. The molecule has 0 bridgehead atoms. The van der Waals surface area contributed by atoms with E-state index in [0.29, 0.717) is 5.56 Å². The van der Waals surface area contributed by atoms with Crippen molar-refractivity contribution in [3.8, 4) is 11.5 Å². The third kappa shape index (κ3) is 1.18. The van der Waals surface area contributed by atoms with Gasteiger partial charge in [-0.05, 0) is 17.7 Å². The molecule has 0 radical (unpaired) electrons. The Morgan fingerprint density at radius 2 is 2.00 bits per heavy atom. The summed E-state index contributed by atoms with van der Waals surface area (Å²) < 4.78 is 0. The van der Waals surface area contributed by atoms with Crippen LogP contribution in [0.2, 0.25) is 0 Å². The number of phenolic OH excluding ortho intramolecular Hbond substituents is 2. The van der Waals surface area contributed by atoms with Crippen molar-refractivity contribution in [3.63, 3.8) is 0 Å². The summed E-state index contributed by atoms with van der Waals surface area (Å²) in [4.78, 5) is 10.8. The number of nitrogens with one attached hydrogen (secondary N) is 1. The zero-order valence-corrected chi connectivity index (χ0v) is 7.27. The molecule has 0 saturated carbocycles. The van der Waals surface area contributed by atoms with Crippen molar-refractivity contribution in [1.82, 2.24) is 5.32 Å². The van der Waals surface area contributed by atoms with Gasteiger partial charge in [-0.15, -0.1) is 0 Å². The van der Waals surface area contributed by atoms with Crippen LogP contribution in [0.15, 0.2) is 18.2 Å². The van der Waals surface area contributed by atoms with Crippen LogP contribution >= 0.6 is 0 Å². The third-order valence-electron chi connectivity index (χ3n) is 2.32. The molecule has 5 heteroatoms. The number of phenols is 2. The molecule has 5 N–H and O–H groups in total. The molecule has 14 heavy (non-hydrogen) atoms. The summed E-state index contributed by atoms with van der Waals surface area (Å²) >= 11 is 0. The van der Waals surface area contributed by atoms with Crippen LogP contribution in [0, 0.1) is 0 Å². The van der Waals surface area contributed by atoms with Crippen LogP contribution < -0.4 is 11.1 Å². The van der Waals surface area contributed by atoms with E-state index in [4.69, 9.17) is 10.8 Å². The Balaban J connectivity index is 2.26. The molecule has 1 heterocycles. The van der Waals surface area contributed by atoms with Gasteiger partial charge in [0, 0.05) is 0 Å². The third-order valence-corrected chi connectivity index (χ3v) is 2.32. The van der Waals surface area contributed by atoms with Crippen LogP contribution in [0.3, 0.4) is 0 Å². The SMILES string of the molecule is NC1C(=O)NC1c1ccc(O)c(O)c1. The second kappa shape index (κ2) is 2.88. The minimum atomic E-state index is -0.570. The average Bonchev–Trinajstić information content (AvgIpc) is 2.18. The number of hydrogen-bond donors (Lipinski definition) is 4. The first kappa shape index (κ1) is 8.83. The second-order valence-electron chi connectivity index (χ2n) is 3.26. The molecule has 0 spiro atoms. The molecule has 0 aliphatic carbocycles. The average molecular weight is 194 g/mol. The lowest BCUT2D eigenvalue weighted by atomic mass is 9.92. The molecule has 1 aliphatic rings. The molecule has 1 aliphatic heterocycles. The molecule has 2 atom stereocenters. The lowest BCUT2D eigenvalue weighted by Crippen LogP contribution is -2.60. The molecule has 1 aromatic carbocycles. The van der Waals surface area contributed by atoms with Crippen LogP contribution in [-0.2, 0) is 4.79 Å². The van der Waals surface area contributed by atoms with E-state index in [0.717, 1.165) is 0 Å². The number of hydrogen-bond acceptors (Lipinski definition) is 4. The zero-order chi connectivity index (χ0) is 10.3. The Morgan fingerprint density at radius 1 is 1.29 bits per heavy atom. The maximum atomic E-state index is 10.8. The van der Waals surface area contributed by atoms with E-state index in [2.05, 4.69) is 5.32 Å². The molecule has 1 aromatic rings. The highest BCUT2D eigenvalue weighted by molar-refractivity contribution is 5.89. The molecule has 74 valence electrons. The smallest absolute Gasteiger partial charge is 0.239 e. The van der Waals surface area contributed by atoms with Gasteiger partial charge in [-0.25, -0.2) is 0 Å². The van der Waals surface area contributed by atoms with Crippen molar-refractivity contribution in [3.05, 3.63) is 23.8 Å². The summed E-state index contributed by atoms with van der Waals surface area (Å²) in [6, 6.07) is 3.52. The van der Waals surface area contributed by atoms with Crippen LogP contribution in [0.5, 0.6) is 11.5 Å². The van der Waals surface area contributed by atoms with Crippen LogP contribution in [0.1, 0.15) is 11.6 Å². The number of carbonyl (C=O) groups excluding carboxylic acids is 1. The Hall–Kier alpha value is -1.75. The van der Waals surface area contributed by atoms with E-state index in [1.54, 1.807) is 6.07 Å². The minimum Gasteiger partial charge on any atom is -0.504 e. The summed E-state index contributed by atoms with van der Waals surface area (Å²) in [6.45, 7) is 0. The fourth-order valence-corrected chi connectivity index (χ4v) is 1.42. The van der Waals surface area contributed by atoms with Gasteiger partial charge in [-0.3, -0.25) is 4.79 Å². The number of nitrogens with two attached hydrogens (primary N) is 1. The Kier molecular flexibility index (Phi) is 1.82. The summed E-state index contributed by atoms with van der Waals surface area (Å²) in [6.07, 6.45) is 0. The van der Waals surface area contributed by atoms with E-state index < -0.39 is 6.04 Å². The van der Waals surface area contributed by atoms with Gasteiger partial charge in [0.15, 0.2) is 11.5 Å². The van der Waals surface area contributed by atoms with Crippen molar-refractivity contribution in [2.24, 2.45) is 5.73 Å². The number of β-lactam (4-membered cyclic amide) rings is 1. The molecule has 2 unspecified atom stereocenters. The summed E-state index contributed by atoms with van der Waals surface area (Å²) in [5.41, 5.74) is 6.22. The Morgan fingerprint density at radius 3 is 2.50 bits per heavy atom. The molecule has 5 nitrogen and oxygen atoms in total. The molecule has 0 aromatic heterocycles. The Labute approximate surface area is 80.2 Å². The van der Waals surface area contributed by atoms with Crippen LogP contribution in [0.4, 0.5) is 0 Å². The van der Waals surface area contributed by atoms with Crippen molar-refractivity contribution in [2.75, 3.05) is 0 Å². The molecule has 1 amide bonds. The van der Waals surface area contributed by atoms with Gasteiger partial charge in [0.2, 0.25) is 5.91 Å². The van der Waals surface area contributed by atoms with E-state index in [1.807, 2.05) is 0 Å². The summed E-state index contributed by atoms with van der Waals surface area (Å²) in [7, 11) is 0. The van der Waals surface area contributed by atoms with Crippen LogP contribution in [-0.4, -0.2) is 22.2 Å². The predicted octanol–water partition coefficient (Wildman–Crippen LogP) is -0.404. The quantitative estimate of drug-likeness (QED) is 0.361. The van der Waals surface area contributed by atoms with E-state index in [9.17, 15) is 9.90 Å². The zero-order valence-electron chi connectivity index (χ0n) is 7.27. The lowest BCUT2D eigenvalue weighted by molar-refractivity contribution is -0.130. The van der Waals surface area contributed by atoms with E-state index >= 15 is 0 Å². The number of benzene rings is 1. The second-order valence-corrected chi connectivity index (χ2v) is 3.26. The van der Waals surface area contributed by atoms with Gasteiger partial charge in [0.25, 0.3) is 0 Å². The highest BCUT2D eigenvalue weighted by Gasteiger charge is 2.37. The largest absolute Gasteiger partial charge is 0.504 e. The van der Waals surface area contributed by atoms with Crippen molar-refractivity contribution in [2.45, 2.75) is 12.1 Å². The Bertz CT molecular complexity index is 392. The van der Waals surface area contributed by atoms with E-state index in [1.165, 1.54) is 12.1 Å².